The Kier molecular flexibility index (Phi) is 5.59. The van der Waals surface area contributed by atoms with Gasteiger partial charge in [-0.3, -0.25) is 0 Å². The summed E-state index contributed by atoms with van der Waals surface area (Å²) in [7, 11) is 0. The molecule has 17 heavy (non-hydrogen) atoms. The molecule has 0 bridgehead atoms. The molecule has 1 saturated heterocycles. The van der Waals surface area contributed by atoms with Crippen molar-refractivity contribution in [3.8, 4) is 0 Å². The summed E-state index contributed by atoms with van der Waals surface area (Å²) in [5.74, 6) is 0.946. The lowest BCUT2D eigenvalue weighted by Crippen LogP contribution is -2.55. The molecule has 100 valence electrons. The Labute approximate surface area is 108 Å². The van der Waals surface area contributed by atoms with E-state index in [1.165, 1.54) is 0 Å². The SMILES string of the molecule is CCC1(C)CN(C(=O)NC(C)CSC)CCO1. The standard InChI is InChI=1S/C12H24N2O2S/c1-5-12(3)9-14(6-7-16-12)11(15)13-10(2)8-17-4/h10H,5-9H2,1-4H3,(H,13,15). The van der Waals surface area contributed by atoms with E-state index in [9.17, 15) is 4.79 Å². The Balaban J connectivity index is 2.46. The summed E-state index contributed by atoms with van der Waals surface area (Å²) < 4.78 is 5.72. The normalized spacial score (nSPS) is 26.7. The van der Waals surface area contributed by atoms with Gasteiger partial charge in [-0.1, -0.05) is 6.92 Å². The molecule has 2 unspecified atom stereocenters. The first-order chi connectivity index (χ1) is 8.00. The van der Waals surface area contributed by atoms with Gasteiger partial charge >= 0.3 is 6.03 Å². The van der Waals surface area contributed by atoms with Gasteiger partial charge in [-0.15, -0.1) is 0 Å². The van der Waals surface area contributed by atoms with Gasteiger partial charge in [-0.25, -0.2) is 4.79 Å². The van der Waals surface area contributed by atoms with Crippen LogP contribution in [0, 0.1) is 0 Å². The third-order valence-electron chi connectivity index (χ3n) is 3.16. The summed E-state index contributed by atoms with van der Waals surface area (Å²) in [5.41, 5.74) is -0.182. The van der Waals surface area contributed by atoms with Gasteiger partial charge in [0.25, 0.3) is 0 Å². The number of hydrogen-bond acceptors (Lipinski definition) is 3. The Morgan fingerprint density at radius 1 is 1.65 bits per heavy atom. The fourth-order valence-corrected chi connectivity index (χ4v) is 2.49. The van der Waals surface area contributed by atoms with Crippen molar-refractivity contribution < 1.29 is 9.53 Å². The molecule has 1 aliphatic rings. The summed E-state index contributed by atoms with van der Waals surface area (Å²) >= 11 is 1.74. The molecule has 0 aromatic rings. The minimum absolute atomic E-state index is 0.0366. The Hall–Kier alpha value is -0.420. The number of carbonyl (C=O) groups is 1. The lowest BCUT2D eigenvalue weighted by molar-refractivity contribution is -0.0873. The minimum atomic E-state index is -0.182. The molecule has 2 amide bonds. The van der Waals surface area contributed by atoms with Gasteiger partial charge in [0.1, 0.15) is 0 Å². The van der Waals surface area contributed by atoms with E-state index < -0.39 is 0 Å². The summed E-state index contributed by atoms with van der Waals surface area (Å²) in [5, 5.41) is 3.02. The second-order valence-corrected chi connectivity index (χ2v) is 5.79. The third-order valence-corrected chi connectivity index (χ3v) is 3.99. The zero-order valence-electron chi connectivity index (χ0n) is 11.3. The Morgan fingerprint density at radius 2 is 2.35 bits per heavy atom. The Morgan fingerprint density at radius 3 is 2.94 bits per heavy atom. The molecule has 2 atom stereocenters. The van der Waals surface area contributed by atoms with E-state index in [0.29, 0.717) is 19.7 Å². The number of nitrogens with zero attached hydrogens (tertiary/aromatic N) is 1. The number of amides is 2. The van der Waals surface area contributed by atoms with Crippen LogP contribution in [0.15, 0.2) is 0 Å². The van der Waals surface area contributed by atoms with Crippen LogP contribution in [0.25, 0.3) is 0 Å². The summed E-state index contributed by atoms with van der Waals surface area (Å²) in [6.07, 6.45) is 2.97. The second kappa shape index (κ2) is 6.50. The van der Waals surface area contributed by atoms with Crippen molar-refractivity contribution in [1.82, 2.24) is 10.2 Å². The minimum Gasteiger partial charge on any atom is -0.372 e. The summed E-state index contributed by atoms with van der Waals surface area (Å²) in [4.78, 5) is 13.9. The van der Waals surface area contributed by atoms with Gasteiger partial charge in [-0.2, -0.15) is 11.8 Å². The average molecular weight is 260 g/mol. The number of urea groups is 1. The Bertz CT molecular complexity index is 263. The number of hydrogen-bond donors (Lipinski definition) is 1. The van der Waals surface area contributed by atoms with Gasteiger partial charge in [0.05, 0.1) is 18.8 Å². The highest BCUT2D eigenvalue weighted by Crippen LogP contribution is 2.20. The van der Waals surface area contributed by atoms with Crippen LogP contribution in [-0.4, -0.2) is 54.3 Å². The zero-order chi connectivity index (χ0) is 12.9. The van der Waals surface area contributed by atoms with Crippen molar-refractivity contribution >= 4 is 17.8 Å². The van der Waals surface area contributed by atoms with E-state index in [1.807, 2.05) is 18.1 Å². The van der Waals surface area contributed by atoms with Crippen molar-refractivity contribution in [2.45, 2.75) is 38.8 Å². The van der Waals surface area contributed by atoms with E-state index in [-0.39, 0.29) is 17.7 Å². The number of morpholine rings is 1. The molecule has 0 aromatic carbocycles. The van der Waals surface area contributed by atoms with Gasteiger partial charge in [-0.05, 0) is 26.5 Å². The van der Waals surface area contributed by atoms with Crippen LogP contribution < -0.4 is 5.32 Å². The fraction of sp³-hybridized carbons (Fsp3) is 0.917. The van der Waals surface area contributed by atoms with Gasteiger partial charge in [0.2, 0.25) is 0 Å². The zero-order valence-corrected chi connectivity index (χ0v) is 12.1. The van der Waals surface area contributed by atoms with Gasteiger partial charge in [0.15, 0.2) is 0 Å². The van der Waals surface area contributed by atoms with Crippen molar-refractivity contribution in [3.63, 3.8) is 0 Å². The highest BCUT2D eigenvalue weighted by atomic mass is 32.2. The van der Waals surface area contributed by atoms with Crippen molar-refractivity contribution in [1.29, 1.82) is 0 Å². The maximum atomic E-state index is 12.0. The molecule has 1 N–H and O–H groups in total. The predicted octanol–water partition coefficient (Wildman–Crippen LogP) is 1.95. The van der Waals surface area contributed by atoms with Crippen molar-refractivity contribution in [2.24, 2.45) is 0 Å². The van der Waals surface area contributed by atoms with Gasteiger partial charge in [0, 0.05) is 18.3 Å². The van der Waals surface area contributed by atoms with E-state index >= 15 is 0 Å². The van der Waals surface area contributed by atoms with E-state index in [0.717, 1.165) is 12.2 Å². The summed E-state index contributed by atoms with van der Waals surface area (Å²) in [6, 6.07) is 0.253. The molecule has 0 aliphatic carbocycles. The lowest BCUT2D eigenvalue weighted by atomic mass is 10.0. The van der Waals surface area contributed by atoms with Gasteiger partial charge < -0.3 is 15.0 Å². The molecule has 1 fully saturated rings. The van der Waals surface area contributed by atoms with Crippen LogP contribution in [0.2, 0.25) is 0 Å². The maximum Gasteiger partial charge on any atom is 0.317 e. The van der Waals surface area contributed by atoms with Crippen LogP contribution in [0.5, 0.6) is 0 Å². The molecular weight excluding hydrogens is 236 g/mol. The van der Waals surface area contributed by atoms with Crippen LogP contribution in [0.1, 0.15) is 27.2 Å². The number of carbonyl (C=O) groups excluding carboxylic acids is 1. The molecule has 5 heteroatoms. The highest BCUT2D eigenvalue weighted by Gasteiger charge is 2.32. The van der Waals surface area contributed by atoms with Crippen LogP contribution >= 0.6 is 11.8 Å². The average Bonchev–Trinajstić information content (AvgIpc) is 2.29. The second-order valence-electron chi connectivity index (χ2n) is 4.88. The fourth-order valence-electron chi connectivity index (χ4n) is 1.91. The monoisotopic (exact) mass is 260 g/mol. The summed E-state index contributed by atoms with van der Waals surface area (Å²) in [6.45, 7) is 8.20. The molecule has 4 nitrogen and oxygen atoms in total. The first-order valence-corrected chi connectivity index (χ1v) is 7.58. The third kappa shape index (κ3) is 4.39. The van der Waals surface area contributed by atoms with Crippen LogP contribution in [0.3, 0.4) is 0 Å². The van der Waals surface area contributed by atoms with Crippen LogP contribution in [0.4, 0.5) is 4.79 Å². The molecule has 0 spiro atoms. The molecule has 0 aromatic heterocycles. The quantitative estimate of drug-likeness (QED) is 0.840. The first kappa shape index (κ1) is 14.6. The van der Waals surface area contributed by atoms with E-state index in [1.54, 1.807) is 11.8 Å². The predicted molar refractivity (Wildman–Crippen MR) is 72.6 cm³/mol. The number of nitrogens with one attached hydrogen (secondary N) is 1. The van der Waals surface area contributed by atoms with Crippen LogP contribution in [-0.2, 0) is 4.74 Å². The van der Waals surface area contributed by atoms with Crippen molar-refractivity contribution in [3.05, 3.63) is 0 Å². The molecule has 0 saturated carbocycles. The number of rotatable bonds is 4. The van der Waals surface area contributed by atoms with E-state index in [4.69, 9.17) is 4.74 Å². The van der Waals surface area contributed by atoms with E-state index in [2.05, 4.69) is 19.2 Å². The lowest BCUT2D eigenvalue weighted by Gasteiger charge is -2.40. The molecule has 1 aliphatic heterocycles. The largest absolute Gasteiger partial charge is 0.372 e. The molecular formula is C12H24N2O2S. The number of ether oxygens (including phenoxy) is 1. The highest BCUT2D eigenvalue weighted by molar-refractivity contribution is 7.98. The number of thioether (sulfide) groups is 1. The first-order valence-electron chi connectivity index (χ1n) is 6.19. The smallest absolute Gasteiger partial charge is 0.317 e. The van der Waals surface area contributed by atoms with Crippen molar-refractivity contribution in [2.75, 3.05) is 31.7 Å². The topological polar surface area (TPSA) is 41.6 Å². The maximum absolute atomic E-state index is 12.0. The molecule has 1 rings (SSSR count). The molecule has 0 radical (unpaired) electrons. The molecule has 1 heterocycles.